The number of hydrogen-bond donors (Lipinski definition) is 5. The molecule has 0 spiro atoms. The zero-order chi connectivity index (χ0) is 14.9. The molecular formula is C13H17NO6. The highest BCUT2D eigenvalue weighted by molar-refractivity contribution is 5.79. The first kappa shape index (κ1) is 14.9. The Kier molecular flexibility index (Phi) is 4.07. The van der Waals surface area contributed by atoms with E-state index in [4.69, 9.17) is 10.5 Å². The molecule has 0 aliphatic carbocycles. The summed E-state index contributed by atoms with van der Waals surface area (Å²) in [4.78, 5) is 11.2. The van der Waals surface area contributed by atoms with Gasteiger partial charge >= 0.3 is 0 Å². The number of ether oxygens (including phenoxy) is 1. The fourth-order valence-electron chi connectivity index (χ4n) is 2.25. The van der Waals surface area contributed by atoms with Crippen molar-refractivity contribution < 1.29 is 30.0 Å². The van der Waals surface area contributed by atoms with Crippen LogP contribution in [0.5, 0.6) is 0 Å². The molecule has 0 aromatic heterocycles. The van der Waals surface area contributed by atoms with Crippen molar-refractivity contribution in [1.29, 1.82) is 0 Å². The standard InChI is InChI=1S/C13H17NO6/c14-12(18)10-8(15)9(16)11(17)13(19,20-10)6-7-4-2-1-3-5-7/h1-5,8-11,15-17,19H,6H2,(H2,14,18)/t8-,9-,10+,11+,13-/m0/s1. The summed E-state index contributed by atoms with van der Waals surface area (Å²) in [5, 5.41) is 39.6. The average molecular weight is 283 g/mol. The van der Waals surface area contributed by atoms with Gasteiger partial charge in [0.15, 0.2) is 11.9 Å². The van der Waals surface area contributed by atoms with E-state index >= 15 is 0 Å². The van der Waals surface area contributed by atoms with E-state index < -0.39 is 36.1 Å². The number of amides is 1. The number of carbonyl (C=O) groups excluding carboxylic acids is 1. The fraction of sp³-hybridized carbons (Fsp3) is 0.462. The van der Waals surface area contributed by atoms with Crippen LogP contribution >= 0.6 is 0 Å². The van der Waals surface area contributed by atoms with Crippen LogP contribution in [-0.4, -0.2) is 56.5 Å². The highest BCUT2D eigenvalue weighted by Crippen LogP contribution is 2.31. The molecule has 1 aliphatic rings. The smallest absolute Gasteiger partial charge is 0.249 e. The molecule has 0 bridgehead atoms. The van der Waals surface area contributed by atoms with Gasteiger partial charge in [-0.15, -0.1) is 0 Å². The summed E-state index contributed by atoms with van der Waals surface area (Å²) in [7, 11) is 0. The number of carbonyl (C=O) groups is 1. The van der Waals surface area contributed by atoms with Crippen LogP contribution in [0.25, 0.3) is 0 Å². The molecule has 1 heterocycles. The van der Waals surface area contributed by atoms with Gasteiger partial charge in [-0.1, -0.05) is 30.3 Å². The van der Waals surface area contributed by atoms with Gasteiger partial charge in [0.2, 0.25) is 5.91 Å². The van der Waals surface area contributed by atoms with Gasteiger partial charge in [0, 0.05) is 6.42 Å². The van der Waals surface area contributed by atoms with Crippen LogP contribution < -0.4 is 5.73 Å². The molecule has 1 aliphatic heterocycles. The SMILES string of the molecule is NC(=O)[C@@H]1O[C@@](O)(Cc2ccccc2)[C@H](O)[C@@H](O)[C@@H]1O. The molecule has 1 fully saturated rings. The van der Waals surface area contributed by atoms with Crippen molar-refractivity contribution in [1.82, 2.24) is 0 Å². The molecule has 110 valence electrons. The van der Waals surface area contributed by atoms with Crippen LogP contribution in [0.4, 0.5) is 0 Å². The van der Waals surface area contributed by atoms with Gasteiger partial charge in [0.1, 0.15) is 18.3 Å². The fourth-order valence-corrected chi connectivity index (χ4v) is 2.25. The number of aliphatic hydroxyl groups is 4. The summed E-state index contributed by atoms with van der Waals surface area (Å²) >= 11 is 0. The Morgan fingerprint density at radius 1 is 1.20 bits per heavy atom. The zero-order valence-electron chi connectivity index (χ0n) is 10.6. The molecule has 1 saturated heterocycles. The predicted molar refractivity (Wildman–Crippen MR) is 67.2 cm³/mol. The Morgan fingerprint density at radius 3 is 2.35 bits per heavy atom. The first-order valence-corrected chi connectivity index (χ1v) is 6.13. The number of primary amides is 1. The minimum atomic E-state index is -2.21. The summed E-state index contributed by atoms with van der Waals surface area (Å²) in [6.07, 6.45) is -6.97. The van der Waals surface area contributed by atoms with Gasteiger partial charge in [-0.05, 0) is 5.56 Å². The van der Waals surface area contributed by atoms with E-state index in [0.29, 0.717) is 5.56 Å². The van der Waals surface area contributed by atoms with Crippen LogP contribution in [0, 0.1) is 0 Å². The van der Waals surface area contributed by atoms with Crippen LogP contribution in [0.15, 0.2) is 30.3 Å². The third kappa shape index (κ3) is 2.67. The maximum absolute atomic E-state index is 11.2. The lowest BCUT2D eigenvalue weighted by Gasteiger charge is -2.44. The van der Waals surface area contributed by atoms with E-state index in [1.165, 1.54) is 0 Å². The second-order valence-corrected chi connectivity index (χ2v) is 4.87. The molecule has 1 aromatic carbocycles. The molecular weight excluding hydrogens is 266 g/mol. The largest absolute Gasteiger partial charge is 0.387 e. The van der Waals surface area contributed by atoms with Gasteiger partial charge in [-0.2, -0.15) is 0 Å². The Labute approximate surface area is 115 Å². The van der Waals surface area contributed by atoms with E-state index in [1.807, 2.05) is 0 Å². The van der Waals surface area contributed by atoms with E-state index in [1.54, 1.807) is 30.3 Å². The van der Waals surface area contributed by atoms with Crippen LogP contribution in [0.2, 0.25) is 0 Å². The number of rotatable bonds is 3. The van der Waals surface area contributed by atoms with E-state index in [-0.39, 0.29) is 6.42 Å². The molecule has 0 unspecified atom stereocenters. The quantitative estimate of drug-likeness (QED) is 0.431. The highest BCUT2D eigenvalue weighted by Gasteiger charge is 2.54. The maximum atomic E-state index is 11.2. The first-order chi connectivity index (χ1) is 9.35. The molecule has 0 saturated carbocycles. The number of benzene rings is 1. The summed E-state index contributed by atoms with van der Waals surface area (Å²) in [5.41, 5.74) is 5.68. The second kappa shape index (κ2) is 5.47. The highest BCUT2D eigenvalue weighted by atomic mass is 16.7. The topological polar surface area (TPSA) is 133 Å². The van der Waals surface area contributed by atoms with Gasteiger partial charge in [-0.25, -0.2) is 0 Å². The minimum absolute atomic E-state index is 0.164. The predicted octanol–water partition coefficient (Wildman–Crippen LogP) is -2.12. The van der Waals surface area contributed by atoms with Gasteiger partial charge in [0.05, 0.1) is 0 Å². The van der Waals surface area contributed by atoms with E-state index in [9.17, 15) is 25.2 Å². The van der Waals surface area contributed by atoms with Crippen molar-refractivity contribution in [2.45, 2.75) is 36.6 Å². The van der Waals surface area contributed by atoms with Gasteiger partial charge in [-0.3, -0.25) is 4.79 Å². The van der Waals surface area contributed by atoms with Crippen molar-refractivity contribution in [2.24, 2.45) is 5.73 Å². The summed E-state index contributed by atoms with van der Waals surface area (Å²) in [6.45, 7) is 0. The van der Waals surface area contributed by atoms with Gasteiger partial charge in [0.25, 0.3) is 0 Å². The molecule has 5 atom stereocenters. The van der Waals surface area contributed by atoms with Crippen LogP contribution in [0.1, 0.15) is 5.56 Å². The molecule has 0 radical (unpaired) electrons. The monoisotopic (exact) mass is 283 g/mol. The lowest BCUT2D eigenvalue weighted by molar-refractivity contribution is -0.337. The lowest BCUT2D eigenvalue weighted by Crippen LogP contribution is -2.67. The average Bonchev–Trinajstić information content (AvgIpc) is 2.42. The van der Waals surface area contributed by atoms with E-state index in [0.717, 1.165) is 0 Å². The molecule has 2 rings (SSSR count). The maximum Gasteiger partial charge on any atom is 0.249 e. The van der Waals surface area contributed by atoms with Crippen molar-refractivity contribution in [3.8, 4) is 0 Å². The summed E-state index contributed by atoms with van der Waals surface area (Å²) in [6, 6.07) is 8.60. The van der Waals surface area contributed by atoms with Crippen molar-refractivity contribution in [3.63, 3.8) is 0 Å². The van der Waals surface area contributed by atoms with Crippen molar-refractivity contribution in [2.75, 3.05) is 0 Å². The van der Waals surface area contributed by atoms with Gasteiger partial charge < -0.3 is 30.9 Å². The van der Waals surface area contributed by atoms with Crippen molar-refractivity contribution in [3.05, 3.63) is 35.9 Å². The summed E-state index contributed by atoms with van der Waals surface area (Å²) in [5.74, 6) is -3.24. The molecule has 20 heavy (non-hydrogen) atoms. The first-order valence-electron chi connectivity index (χ1n) is 6.13. The molecule has 6 N–H and O–H groups in total. The minimum Gasteiger partial charge on any atom is -0.387 e. The third-order valence-electron chi connectivity index (χ3n) is 3.36. The van der Waals surface area contributed by atoms with Crippen LogP contribution in [0.3, 0.4) is 0 Å². The normalized spacial score (nSPS) is 37.6. The van der Waals surface area contributed by atoms with Crippen LogP contribution in [-0.2, 0) is 16.0 Å². The zero-order valence-corrected chi connectivity index (χ0v) is 10.6. The van der Waals surface area contributed by atoms with E-state index in [2.05, 4.69) is 0 Å². The number of aliphatic hydroxyl groups excluding tert-OH is 3. The Balaban J connectivity index is 2.26. The lowest BCUT2D eigenvalue weighted by atomic mass is 9.88. The van der Waals surface area contributed by atoms with Crippen molar-refractivity contribution >= 4 is 5.91 Å². The third-order valence-corrected chi connectivity index (χ3v) is 3.36. The number of nitrogens with two attached hydrogens (primary N) is 1. The summed E-state index contributed by atoms with van der Waals surface area (Å²) < 4.78 is 5.06. The number of hydrogen-bond acceptors (Lipinski definition) is 6. The Hall–Kier alpha value is -1.51. The Morgan fingerprint density at radius 2 is 1.80 bits per heavy atom. The molecule has 1 aromatic rings. The molecule has 7 heteroatoms. The molecule has 1 amide bonds. The Bertz CT molecular complexity index is 481. The molecule has 7 nitrogen and oxygen atoms in total. The second-order valence-electron chi connectivity index (χ2n) is 4.87.